The van der Waals surface area contributed by atoms with Crippen LogP contribution in [0.5, 0.6) is 0 Å². The van der Waals surface area contributed by atoms with Gasteiger partial charge in [0.25, 0.3) is 5.91 Å². The van der Waals surface area contributed by atoms with E-state index in [-0.39, 0.29) is 28.7 Å². The molecular formula is C19H20FN3O5. The van der Waals surface area contributed by atoms with Crippen LogP contribution in [0.3, 0.4) is 0 Å². The van der Waals surface area contributed by atoms with Crippen LogP contribution in [0.4, 0.5) is 15.9 Å². The second-order valence-corrected chi connectivity index (χ2v) is 6.31. The Balaban J connectivity index is 1.75. The van der Waals surface area contributed by atoms with E-state index in [0.717, 1.165) is 0 Å². The van der Waals surface area contributed by atoms with E-state index in [9.17, 15) is 19.1 Å². The molecule has 1 saturated heterocycles. The zero-order chi connectivity index (χ0) is 20.1. The van der Waals surface area contributed by atoms with Gasteiger partial charge in [0.2, 0.25) is 0 Å². The molecule has 0 unspecified atom stereocenters. The highest BCUT2D eigenvalue weighted by Gasteiger charge is 2.22. The minimum Gasteiger partial charge on any atom is -0.478 e. The fourth-order valence-corrected chi connectivity index (χ4v) is 2.83. The molecule has 0 spiro atoms. The summed E-state index contributed by atoms with van der Waals surface area (Å²) in [4.78, 5) is 29.8. The number of nitrogens with one attached hydrogen (secondary N) is 1. The molecule has 2 aromatic rings. The lowest BCUT2D eigenvalue weighted by molar-refractivity contribution is -0.0837. The molecule has 0 radical (unpaired) electrons. The molecule has 1 amide bonds. The molecule has 1 aromatic heterocycles. The van der Waals surface area contributed by atoms with Crippen molar-refractivity contribution in [2.24, 2.45) is 0 Å². The number of ether oxygens (including phenoxy) is 2. The van der Waals surface area contributed by atoms with Gasteiger partial charge in [-0.15, -0.1) is 0 Å². The van der Waals surface area contributed by atoms with Gasteiger partial charge in [-0.3, -0.25) is 4.79 Å². The predicted molar refractivity (Wildman–Crippen MR) is 99.4 cm³/mol. The number of halogens is 1. The number of rotatable bonds is 6. The number of benzene rings is 1. The molecular weight excluding hydrogens is 369 g/mol. The third-order valence-corrected chi connectivity index (χ3v) is 4.19. The lowest BCUT2D eigenvalue weighted by atomic mass is 10.2. The van der Waals surface area contributed by atoms with Crippen LogP contribution in [0.2, 0.25) is 0 Å². The van der Waals surface area contributed by atoms with Crippen LogP contribution >= 0.6 is 0 Å². The number of pyridine rings is 1. The summed E-state index contributed by atoms with van der Waals surface area (Å²) in [7, 11) is 1.71. The number of amides is 1. The summed E-state index contributed by atoms with van der Waals surface area (Å²) in [6.45, 7) is 1.88. The topological polar surface area (TPSA) is 101 Å². The fraction of sp³-hybridized carbons (Fsp3) is 0.316. The number of carbonyl (C=O) groups excluding carboxylic acids is 1. The van der Waals surface area contributed by atoms with Crippen molar-refractivity contribution in [3.63, 3.8) is 0 Å². The summed E-state index contributed by atoms with van der Waals surface area (Å²) < 4.78 is 23.9. The highest BCUT2D eigenvalue weighted by Crippen LogP contribution is 2.22. The predicted octanol–water partition coefficient (Wildman–Crippen LogP) is 2.02. The van der Waals surface area contributed by atoms with Gasteiger partial charge in [0.1, 0.15) is 17.2 Å². The van der Waals surface area contributed by atoms with E-state index >= 15 is 0 Å². The first-order valence-corrected chi connectivity index (χ1v) is 8.65. The number of hydrogen-bond donors (Lipinski definition) is 2. The minimum atomic E-state index is -1.17. The van der Waals surface area contributed by atoms with E-state index in [1.165, 1.54) is 36.5 Å². The highest BCUT2D eigenvalue weighted by atomic mass is 19.1. The molecule has 8 nitrogen and oxygen atoms in total. The van der Waals surface area contributed by atoms with Gasteiger partial charge in [-0.2, -0.15) is 0 Å². The van der Waals surface area contributed by atoms with Crippen LogP contribution < -0.4 is 10.2 Å². The van der Waals surface area contributed by atoms with Crippen molar-refractivity contribution in [3.8, 4) is 0 Å². The average Bonchev–Trinajstić information content (AvgIpc) is 2.69. The van der Waals surface area contributed by atoms with E-state index in [4.69, 9.17) is 9.47 Å². The van der Waals surface area contributed by atoms with Crippen LogP contribution in [0.1, 0.15) is 20.7 Å². The van der Waals surface area contributed by atoms with Crippen molar-refractivity contribution in [1.29, 1.82) is 0 Å². The molecule has 3 rings (SSSR count). The van der Waals surface area contributed by atoms with E-state index < -0.39 is 17.7 Å². The van der Waals surface area contributed by atoms with Crippen molar-refractivity contribution in [2.45, 2.75) is 6.10 Å². The Hall–Kier alpha value is -3.04. The molecule has 1 atom stereocenters. The van der Waals surface area contributed by atoms with Gasteiger partial charge >= 0.3 is 5.97 Å². The number of hydrogen-bond acceptors (Lipinski definition) is 6. The molecule has 0 saturated carbocycles. The number of carboxylic acids is 1. The van der Waals surface area contributed by atoms with E-state index in [1.807, 2.05) is 0 Å². The maximum Gasteiger partial charge on any atom is 0.339 e. The number of aromatic carboxylic acids is 1. The summed E-state index contributed by atoms with van der Waals surface area (Å²) in [5.74, 6) is -1.87. The molecule has 1 aliphatic rings. The van der Waals surface area contributed by atoms with E-state index in [0.29, 0.717) is 26.4 Å². The lowest BCUT2D eigenvalue weighted by Gasteiger charge is -2.28. The first-order chi connectivity index (χ1) is 13.4. The Morgan fingerprint density at radius 2 is 2.07 bits per heavy atom. The summed E-state index contributed by atoms with van der Waals surface area (Å²) in [6, 6.07) is 6.35. The number of anilines is 2. The van der Waals surface area contributed by atoms with Crippen LogP contribution in [0, 0.1) is 5.82 Å². The Kier molecular flexibility index (Phi) is 6.17. The quantitative estimate of drug-likeness (QED) is 0.779. The molecule has 2 N–H and O–H groups in total. The maximum atomic E-state index is 13.0. The first-order valence-electron chi connectivity index (χ1n) is 8.65. The number of aromatic nitrogens is 1. The van der Waals surface area contributed by atoms with Gasteiger partial charge in [0.05, 0.1) is 37.8 Å². The van der Waals surface area contributed by atoms with Crippen molar-refractivity contribution in [2.75, 3.05) is 43.6 Å². The van der Waals surface area contributed by atoms with Gasteiger partial charge in [-0.25, -0.2) is 14.2 Å². The van der Waals surface area contributed by atoms with Crippen LogP contribution in [0.15, 0.2) is 36.5 Å². The normalized spacial score (nSPS) is 16.4. The van der Waals surface area contributed by atoms with Gasteiger partial charge in [-0.05, 0) is 30.3 Å². The zero-order valence-electron chi connectivity index (χ0n) is 15.2. The molecule has 9 heteroatoms. The van der Waals surface area contributed by atoms with Crippen molar-refractivity contribution in [1.82, 2.24) is 4.98 Å². The Bertz CT molecular complexity index is 853. The number of nitrogens with zero attached hydrogens (tertiary/aromatic N) is 2. The molecule has 0 bridgehead atoms. The largest absolute Gasteiger partial charge is 0.478 e. The third-order valence-electron chi connectivity index (χ3n) is 4.19. The van der Waals surface area contributed by atoms with Gasteiger partial charge in [0, 0.05) is 19.2 Å². The van der Waals surface area contributed by atoms with Crippen molar-refractivity contribution in [3.05, 3.63) is 53.5 Å². The number of carbonyl (C=O) groups is 2. The van der Waals surface area contributed by atoms with Gasteiger partial charge < -0.3 is 24.8 Å². The first kappa shape index (κ1) is 19.7. The summed E-state index contributed by atoms with van der Waals surface area (Å²) in [5.41, 5.74) is 0.408. The number of carboxylic acid groups (broad SMARTS) is 1. The SMILES string of the molecule is CN(C[C@@H]1COCCO1)c1ncc(NC(=O)c2ccc(F)cc2)cc1C(=O)O. The summed E-state index contributed by atoms with van der Waals surface area (Å²) in [6.07, 6.45) is 1.19. The smallest absolute Gasteiger partial charge is 0.339 e. The van der Waals surface area contributed by atoms with Crippen LogP contribution in [-0.2, 0) is 9.47 Å². The monoisotopic (exact) mass is 389 g/mol. The van der Waals surface area contributed by atoms with Crippen LogP contribution in [0.25, 0.3) is 0 Å². The maximum absolute atomic E-state index is 13.0. The molecule has 1 fully saturated rings. The molecule has 148 valence electrons. The average molecular weight is 389 g/mol. The van der Waals surface area contributed by atoms with Crippen molar-refractivity contribution >= 4 is 23.4 Å². The molecule has 1 aliphatic heterocycles. The Labute approximate surface area is 160 Å². The molecule has 1 aromatic carbocycles. The third kappa shape index (κ3) is 4.81. The second kappa shape index (κ2) is 8.77. The Morgan fingerprint density at radius 3 is 2.71 bits per heavy atom. The molecule has 28 heavy (non-hydrogen) atoms. The number of likely N-dealkylation sites (N-methyl/N-ethyl adjacent to an activating group) is 1. The zero-order valence-corrected chi connectivity index (χ0v) is 15.2. The van der Waals surface area contributed by atoms with E-state index in [2.05, 4.69) is 10.3 Å². The summed E-state index contributed by atoms with van der Waals surface area (Å²) >= 11 is 0. The second-order valence-electron chi connectivity index (χ2n) is 6.31. The lowest BCUT2D eigenvalue weighted by Crippen LogP contribution is -2.39. The minimum absolute atomic E-state index is 0.0591. The molecule has 2 heterocycles. The fourth-order valence-electron chi connectivity index (χ4n) is 2.83. The van der Waals surface area contributed by atoms with E-state index in [1.54, 1.807) is 11.9 Å². The van der Waals surface area contributed by atoms with Gasteiger partial charge in [0.15, 0.2) is 0 Å². The van der Waals surface area contributed by atoms with Crippen LogP contribution in [-0.4, -0.2) is 61.5 Å². The Morgan fingerprint density at radius 1 is 1.32 bits per heavy atom. The van der Waals surface area contributed by atoms with Gasteiger partial charge in [-0.1, -0.05) is 0 Å². The standard InChI is InChI=1S/C19H20FN3O5/c1-23(10-15-11-27-6-7-28-15)17-16(19(25)26)8-14(9-21-17)22-18(24)12-2-4-13(20)5-3-12/h2-5,8-9,15H,6-7,10-11H2,1H3,(H,22,24)(H,25,26)/t15-/m1/s1. The van der Waals surface area contributed by atoms with Crippen molar-refractivity contribution < 1.29 is 28.6 Å². The highest BCUT2D eigenvalue weighted by molar-refractivity contribution is 6.05. The molecule has 0 aliphatic carbocycles. The summed E-state index contributed by atoms with van der Waals surface area (Å²) in [5, 5.41) is 12.1.